The first-order chi connectivity index (χ1) is 11.8. The standard InChI is InChI=1S/C17H23F2N3O3.ClH/c1-21(11-17(24)25)15-2-4-22(5-3-15)10-16(23)20-9-12-6-13(18)8-14(19)7-12;/h6-8,15H,2-5,9-11H2,1H3,(H,20,23)(H,24,25);1H. The molecule has 0 radical (unpaired) electrons. The fourth-order valence-corrected chi connectivity index (χ4v) is 3.03. The van der Waals surface area contributed by atoms with Gasteiger partial charge in [-0.3, -0.25) is 19.4 Å². The van der Waals surface area contributed by atoms with Gasteiger partial charge < -0.3 is 10.4 Å². The Morgan fingerprint density at radius 1 is 1.23 bits per heavy atom. The van der Waals surface area contributed by atoms with Gasteiger partial charge in [0.1, 0.15) is 11.6 Å². The van der Waals surface area contributed by atoms with Gasteiger partial charge in [0.05, 0.1) is 13.1 Å². The number of carboxylic acids is 1. The fourth-order valence-electron chi connectivity index (χ4n) is 3.03. The molecule has 0 bridgehead atoms. The number of halogens is 3. The zero-order chi connectivity index (χ0) is 18.4. The van der Waals surface area contributed by atoms with Crippen LogP contribution in [0.25, 0.3) is 0 Å². The van der Waals surface area contributed by atoms with Crippen molar-refractivity contribution in [2.75, 3.05) is 33.2 Å². The molecule has 2 rings (SSSR count). The lowest BCUT2D eigenvalue weighted by atomic mass is 10.0. The number of nitrogens with one attached hydrogen (secondary N) is 1. The van der Waals surface area contributed by atoms with Crippen LogP contribution in [-0.2, 0) is 16.1 Å². The lowest BCUT2D eigenvalue weighted by Gasteiger charge is -2.35. The molecule has 0 aliphatic carbocycles. The lowest BCUT2D eigenvalue weighted by Crippen LogP contribution is -2.47. The second-order valence-electron chi connectivity index (χ2n) is 6.37. The van der Waals surface area contributed by atoms with E-state index < -0.39 is 17.6 Å². The van der Waals surface area contributed by atoms with Crippen molar-refractivity contribution < 1.29 is 23.5 Å². The maximum Gasteiger partial charge on any atom is 0.317 e. The Labute approximate surface area is 157 Å². The molecule has 0 saturated carbocycles. The summed E-state index contributed by atoms with van der Waals surface area (Å²) in [6.07, 6.45) is 1.60. The van der Waals surface area contributed by atoms with Crippen LogP contribution in [0.3, 0.4) is 0 Å². The molecule has 6 nitrogen and oxygen atoms in total. The molecule has 9 heteroatoms. The number of amides is 1. The number of likely N-dealkylation sites (tertiary alicyclic amines) is 1. The van der Waals surface area contributed by atoms with Crippen LogP contribution < -0.4 is 5.32 Å². The van der Waals surface area contributed by atoms with E-state index in [0.717, 1.165) is 18.9 Å². The third kappa shape index (κ3) is 7.23. The zero-order valence-corrected chi connectivity index (χ0v) is 15.4. The number of carbonyl (C=O) groups excluding carboxylic acids is 1. The predicted octanol–water partition coefficient (Wildman–Crippen LogP) is 1.48. The number of hydrogen-bond donors (Lipinski definition) is 2. The molecule has 1 heterocycles. The number of rotatable bonds is 7. The number of aliphatic carboxylic acids is 1. The second-order valence-corrected chi connectivity index (χ2v) is 6.37. The SMILES string of the molecule is CN(CC(=O)O)C1CCN(CC(=O)NCc2cc(F)cc(F)c2)CC1.Cl. The minimum absolute atomic E-state index is 0. The molecule has 0 spiro atoms. The molecule has 1 aromatic carbocycles. The minimum Gasteiger partial charge on any atom is -0.480 e. The van der Waals surface area contributed by atoms with Crippen LogP contribution in [0, 0.1) is 11.6 Å². The van der Waals surface area contributed by atoms with E-state index in [2.05, 4.69) is 5.32 Å². The normalized spacial score (nSPS) is 15.5. The monoisotopic (exact) mass is 391 g/mol. The van der Waals surface area contributed by atoms with Crippen molar-refractivity contribution in [2.45, 2.75) is 25.4 Å². The van der Waals surface area contributed by atoms with Crippen LogP contribution in [0.2, 0.25) is 0 Å². The van der Waals surface area contributed by atoms with E-state index in [-0.39, 0.29) is 44.0 Å². The molecular weight excluding hydrogens is 368 g/mol. The molecule has 1 aromatic rings. The average Bonchev–Trinajstić information content (AvgIpc) is 2.52. The summed E-state index contributed by atoms with van der Waals surface area (Å²) in [5.74, 6) is -2.39. The topological polar surface area (TPSA) is 72.9 Å². The summed E-state index contributed by atoms with van der Waals surface area (Å²) >= 11 is 0. The van der Waals surface area contributed by atoms with Gasteiger partial charge >= 0.3 is 5.97 Å². The molecule has 146 valence electrons. The van der Waals surface area contributed by atoms with E-state index in [0.29, 0.717) is 18.7 Å². The van der Waals surface area contributed by atoms with Gasteiger partial charge in [0, 0.05) is 31.7 Å². The first-order valence-electron chi connectivity index (χ1n) is 8.19. The Bertz CT molecular complexity index is 605. The fraction of sp³-hybridized carbons (Fsp3) is 0.529. The zero-order valence-electron chi connectivity index (χ0n) is 14.6. The number of piperidine rings is 1. The lowest BCUT2D eigenvalue weighted by molar-refractivity contribution is -0.138. The van der Waals surface area contributed by atoms with E-state index >= 15 is 0 Å². The molecule has 1 amide bonds. The van der Waals surface area contributed by atoms with Crippen LogP contribution in [0.1, 0.15) is 18.4 Å². The van der Waals surface area contributed by atoms with Crippen LogP contribution in [0.15, 0.2) is 18.2 Å². The molecule has 26 heavy (non-hydrogen) atoms. The first-order valence-corrected chi connectivity index (χ1v) is 8.19. The molecule has 1 aliphatic heterocycles. The highest BCUT2D eigenvalue weighted by atomic mass is 35.5. The van der Waals surface area contributed by atoms with Gasteiger partial charge in [-0.1, -0.05) is 0 Å². The molecule has 0 aromatic heterocycles. The quantitative estimate of drug-likeness (QED) is 0.736. The predicted molar refractivity (Wildman–Crippen MR) is 95.2 cm³/mol. The largest absolute Gasteiger partial charge is 0.480 e. The summed E-state index contributed by atoms with van der Waals surface area (Å²) in [5.41, 5.74) is 0.375. The van der Waals surface area contributed by atoms with Crippen molar-refractivity contribution in [3.05, 3.63) is 35.4 Å². The second kappa shape index (κ2) is 10.4. The molecule has 1 saturated heterocycles. The van der Waals surface area contributed by atoms with Gasteiger partial charge in [-0.25, -0.2) is 8.78 Å². The Hall–Kier alpha value is -1.77. The highest BCUT2D eigenvalue weighted by Gasteiger charge is 2.24. The summed E-state index contributed by atoms with van der Waals surface area (Å²) < 4.78 is 26.2. The number of carbonyl (C=O) groups is 2. The number of likely N-dealkylation sites (N-methyl/N-ethyl adjacent to an activating group) is 1. The van der Waals surface area contributed by atoms with E-state index in [1.807, 2.05) is 9.80 Å². The van der Waals surface area contributed by atoms with Gasteiger partial charge in [0.2, 0.25) is 5.91 Å². The summed E-state index contributed by atoms with van der Waals surface area (Å²) in [7, 11) is 1.79. The van der Waals surface area contributed by atoms with Crippen LogP contribution in [0.4, 0.5) is 8.78 Å². The van der Waals surface area contributed by atoms with Gasteiger partial charge in [0.15, 0.2) is 0 Å². The highest BCUT2D eigenvalue weighted by molar-refractivity contribution is 5.85. The third-order valence-electron chi connectivity index (χ3n) is 4.34. The van der Waals surface area contributed by atoms with E-state index in [1.54, 1.807) is 7.05 Å². The van der Waals surface area contributed by atoms with Crippen molar-refractivity contribution in [1.82, 2.24) is 15.1 Å². The first kappa shape index (κ1) is 22.3. The maximum absolute atomic E-state index is 13.1. The van der Waals surface area contributed by atoms with Crippen LogP contribution >= 0.6 is 12.4 Å². The van der Waals surface area contributed by atoms with E-state index in [9.17, 15) is 18.4 Å². The molecule has 0 unspecified atom stereocenters. The van der Waals surface area contributed by atoms with Crippen LogP contribution in [0.5, 0.6) is 0 Å². The molecule has 2 N–H and O–H groups in total. The van der Waals surface area contributed by atoms with Crippen molar-refractivity contribution in [3.63, 3.8) is 0 Å². The number of nitrogens with zero attached hydrogens (tertiary/aromatic N) is 2. The minimum atomic E-state index is -0.849. The van der Waals surface area contributed by atoms with Crippen molar-refractivity contribution >= 4 is 24.3 Å². The van der Waals surface area contributed by atoms with Gasteiger partial charge in [-0.15, -0.1) is 12.4 Å². The van der Waals surface area contributed by atoms with Gasteiger partial charge in [-0.2, -0.15) is 0 Å². The molecular formula is C17H24ClF2N3O3. The van der Waals surface area contributed by atoms with Crippen molar-refractivity contribution in [1.29, 1.82) is 0 Å². The maximum atomic E-state index is 13.1. The molecule has 0 atom stereocenters. The number of benzene rings is 1. The van der Waals surface area contributed by atoms with Gasteiger partial charge in [-0.05, 0) is 37.6 Å². The van der Waals surface area contributed by atoms with Crippen molar-refractivity contribution in [2.24, 2.45) is 0 Å². The summed E-state index contributed by atoms with van der Waals surface area (Å²) in [6, 6.07) is 3.36. The summed E-state index contributed by atoms with van der Waals surface area (Å²) in [6.45, 7) is 1.71. The Morgan fingerprint density at radius 3 is 2.35 bits per heavy atom. The molecule has 1 fully saturated rings. The van der Waals surface area contributed by atoms with Crippen molar-refractivity contribution in [3.8, 4) is 0 Å². The molecule has 1 aliphatic rings. The van der Waals surface area contributed by atoms with Crippen LogP contribution in [-0.4, -0.2) is 66.1 Å². The number of carboxylic acid groups (broad SMARTS) is 1. The third-order valence-corrected chi connectivity index (χ3v) is 4.34. The summed E-state index contributed by atoms with van der Waals surface area (Å²) in [5, 5.41) is 11.5. The highest BCUT2D eigenvalue weighted by Crippen LogP contribution is 2.15. The number of hydrogen-bond acceptors (Lipinski definition) is 4. The van der Waals surface area contributed by atoms with Gasteiger partial charge in [0.25, 0.3) is 0 Å². The Kier molecular flexibility index (Phi) is 8.91. The van der Waals surface area contributed by atoms with E-state index in [1.165, 1.54) is 12.1 Å². The summed E-state index contributed by atoms with van der Waals surface area (Å²) in [4.78, 5) is 26.5. The smallest absolute Gasteiger partial charge is 0.317 e. The Balaban J connectivity index is 0.00000338. The average molecular weight is 392 g/mol. The Morgan fingerprint density at radius 2 is 1.81 bits per heavy atom. The van der Waals surface area contributed by atoms with E-state index in [4.69, 9.17) is 5.11 Å².